The summed E-state index contributed by atoms with van der Waals surface area (Å²) in [5, 5.41) is 3.43. The Hall–Kier alpha value is -1.39. The third-order valence-electron chi connectivity index (χ3n) is 2.94. The van der Waals surface area contributed by atoms with Crippen LogP contribution in [0.3, 0.4) is 0 Å². The summed E-state index contributed by atoms with van der Waals surface area (Å²) in [7, 11) is 0. The molecular weight excluding hydrogens is 320 g/mol. The van der Waals surface area contributed by atoms with E-state index in [9.17, 15) is 0 Å². The Morgan fingerprint density at radius 2 is 1.63 bits per heavy atom. The molecule has 0 fully saturated rings. The first-order chi connectivity index (χ1) is 8.97. The predicted molar refractivity (Wildman–Crippen MR) is 89.2 cm³/mol. The fourth-order valence-electron chi connectivity index (χ4n) is 1.97. The molecule has 0 aromatic heterocycles. The van der Waals surface area contributed by atoms with Crippen molar-refractivity contribution in [1.82, 2.24) is 0 Å². The third-order valence-corrected chi connectivity index (χ3v) is 3.63. The van der Waals surface area contributed by atoms with E-state index in [0.29, 0.717) is 4.99 Å². The molecule has 4 heteroatoms. The monoisotopic (exact) mass is 334 g/mol. The number of hydrogen-bond acceptors (Lipinski definition) is 2. The fourth-order valence-corrected chi connectivity index (χ4v) is 2.79. The van der Waals surface area contributed by atoms with Crippen LogP contribution in [0, 0.1) is 13.8 Å². The van der Waals surface area contributed by atoms with Gasteiger partial charge in [0.25, 0.3) is 0 Å². The zero-order valence-electron chi connectivity index (χ0n) is 10.8. The van der Waals surface area contributed by atoms with Crippen molar-refractivity contribution < 1.29 is 0 Å². The van der Waals surface area contributed by atoms with Crippen LogP contribution >= 0.6 is 28.1 Å². The van der Waals surface area contributed by atoms with Crippen LogP contribution in [-0.2, 0) is 0 Å². The maximum absolute atomic E-state index is 5.59. The molecule has 0 aliphatic carbocycles. The van der Waals surface area contributed by atoms with Gasteiger partial charge in [0.05, 0.1) is 0 Å². The highest BCUT2D eigenvalue weighted by molar-refractivity contribution is 9.10. The van der Waals surface area contributed by atoms with E-state index in [-0.39, 0.29) is 0 Å². The van der Waals surface area contributed by atoms with Crippen LogP contribution < -0.4 is 11.1 Å². The highest BCUT2D eigenvalue weighted by atomic mass is 79.9. The van der Waals surface area contributed by atoms with Gasteiger partial charge in [-0.15, -0.1) is 0 Å². The maximum Gasteiger partial charge on any atom is 0.103 e. The molecular formula is C15H15BrN2S. The van der Waals surface area contributed by atoms with E-state index in [2.05, 4.69) is 47.2 Å². The summed E-state index contributed by atoms with van der Waals surface area (Å²) in [4.78, 5) is 0.419. The Balaban J connectivity index is 2.29. The number of benzene rings is 2. The number of aryl methyl sites for hydroxylation is 2. The molecule has 2 nitrogen and oxygen atoms in total. The van der Waals surface area contributed by atoms with E-state index in [0.717, 1.165) is 21.4 Å². The molecule has 0 radical (unpaired) electrons. The van der Waals surface area contributed by atoms with Gasteiger partial charge < -0.3 is 11.1 Å². The Labute approximate surface area is 127 Å². The average molecular weight is 335 g/mol. The molecule has 0 atom stereocenters. The van der Waals surface area contributed by atoms with Crippen LogP contribution in [0.2, 0.25) is 0 Å². The Kier molecular flexibility index (Phi) is 4.22. The second-order valence-corrected chi connectivity index (χ2v) is 5.84. The van der Waals surface area contributed by atoms with Crippen LogP contribution in [0.1, 0.15) is 16.7 Å². The van der Waals surface area contributed by atoms with E-state index >= 15 is 0 Å². The highest BCUT2D eigenvalue weighted by Gasteiger charge is 2.05. The number of rotatable bonds is 3. The average Bonchev–Trinajstić information content (AvgIpc) is 2.34. The van der Waals surface area contributed by atoms with Gasteiger partial charge in [-0.05, 0) is 61.4 Å². The Morgan fingerprint density at radius 3 is 2.11 bits per heavy atom. The first-order valence-electron chi connectivity index (χ1n) is 5.91. The lowest BCUT2D eigenvalue weighted by atomic mass is 10.1. The summed E-state index contributed by atoms with van der Waals surface area (Å²) in [6.45, 7) is 4.17. The van der Waals surface area contributed by atoms with Crippen molar-refractivity contribution in [2.75, 3.05) is 5.32 Å². The lowest BCUT2D eigenvalue weighted by Crippen LogP contribution is -2.08. The van der Waals surface area contributed by atoms with Crippen molar-refractivity contribution in [3.05, 3.63) is 57.6 Å². The minimum atomic E-state index is 0.419. The van der Waals surface area contributed by atoms with Gasteiger partial charge in [0.15, 0.2) is 0 Å². The van der Waals surface area contributed by atoms with Gasteiger partial charge in [-0.1, -0.05) is 28.1 Å². The molecule has 0 unspecified atom stereocenters. The van der Waals surface area contributed by atoms with Crippen molar-refractivity contribution in [3.8, 4) is 0 Å². The summed E-state index contributed by atoms with van der Waals surface area (Å²) in [5.74, 6) is 0. The van der Waals surface area contributed by atoms with Crippen LogP contribution in [-0.4, -0.2) is 4.99 Å². The van der Waals surface area contributed by atoms with Crippen LogP contribution in [0.15, 0.2) is 40.9 Å². The lowest BCUT2D eigenvalue weighted by Gasteiger charge is -2.13. The topological polar surface area (TPSA) is 38.0 Å². The van der Waals surface area contributed by atoms with Crippen molar-refractivity contribution in [2.45, 2.75) is 13.8 Å². The lowest BCUT2D eigenvalue weighted by molar-refractivity contribution is 1.34. The van der Waals surface area contributed by atoms with Gasteiger partial charge in [-0.2, -0.15) is 0 Å². The zero-order valence-corrected chi connectivity index (χ0v) is 13.2. The van der Waals surface area contributed by atoms with E-state index in [1.807, 2.05) is 24.3 Å². The molecule has 98 valence electrons. The standard InChI is InChI=1S/C15H15BrN2S/c1-9-7-12(16)8-10(2)14(9)18-13-5-3-11(4-6-13)15(17)19/h3-8,18H,1-2H3,(H2,17,19). The normalized spacial score (nSPS) is 10.3. The van der Waals surface area contributed by atoms with E-state index < -0.39 is 0 Å². The Morgan fingerprint density at radius 1 is 1.11 bits per heavy atom. The SMILES string of the molecule is Cc1cc(Br)cc(C)c1Nc1ccc(C(N)=S)cc1. The Bertz CT molecular complexity index is 598. The molecule has 0 bridgehead atoms. The number of halogens is 1. The van der Waals surface area contributed by atoms with Gasteiger partial charge in [0, 0.05) is 21.4 Å². The summed E-state index contributed by atoms with van der Waals surface area (Å²) >= 11 is 8.45. The maximum atomic E-state index is 5.59. The summed E-state index contributed by atoms with van der Waals surface area (Å²) < 4.78 is 1.09. The van der Waals surface area contributed by atoms with Gasteiger partial charge in [0.2, 0.25) is 0 Å². The molecule has 0 aliphatic rings. The van der Waals surface area contributed by atoms with Gasteiger partial charge >= 0.3 is 0 Å². The number of nitrogens with two attached hydrogens (primary N) is 1. The quantitative estimate of drug-likeness (QED) is 0.814. The van der Waals surface area contributed by atoms with Crippen LogP contribution in [0.25, 0.3) is 0 Å². The van der Waals surface area contributed by atoms with Crippen molar-refractivity contribution in [1.29, 1.82) is 0 Å². The molecule has 0 spiro atoms. The molecule has 2 rings (SSSR count). The van der Waals surface area contributed by atoms with E-state index in [1.165, 1.54) is 11.1 Å². The fraction of sp³-hybridized carbons (Fsp3) is 0.133. The zero-order chi connectivity index (χ0) is 14.0. The molecule has 0 saturated carbocycles. The molecule has 3 N–H and O–H groups in total. The summed E-state index contributed by atoms with van der Waals surface area (Å²) in [5.41, 5.74) is 11.0. The third kappa shape index (κ3) is 3.33. The first-order valence-corrected chi connectivity index (χ1v) is 7.11. The molecule has 0 heterocycles. The van der Waals surface area contributed by atoms with Crippen molar-refractivity contribution in [3.63, 3.8) is 0 Å². The number of hydrogen-bond donors (Lipinski definition) is 2. The van der Waals surface area contributed by atoms with Crippen molar-refractivity contribution in [2.24, 2.45) is 5.73 Å². The van der Waals surface area contributed by atoms with Crippen LogP contribution in [0.4, 0.5) is 11.4 Å². The molecule has 2 aromatic rings. The van der Waals surface area contributed by atoms with Crippen molar-refractivity contribution >= 4 is 44.5 Å². The van der Waals surface area contributed by atoms with E-state index in [4.69, 9.17) is 18.0 Å². The molecule has 19 heavy (non-hydrogen) atoms. The van der Waals surface area contributed by atoms with E-state index in [1.54, 1.807) is 0 Å². The second kappa shape index (κ2) is 5.72. The second-order valence-electron chi connectivity index (χ2n) is 4.48. The molecule has 0 aliphatic heterocycles. The minimum absolute atomic E-state index is 0.419. The summed E-state index contributed by atoms with van der Waals surface area (Å²) in [6.07, 6.45) is 0. The summed E-state index contributed by atoms with van der Waals surface area (Å²) in [6, 6.07) is 12.0. The van der Waals surface area contributed by atoms with Gasteiger partial charge in [0.1, 0.15) is 4.99 Å². The molecule has 0 saturated heterocycles. The molecule has 0 amide bonds. The number of nitrogens with one attached hydrogen (secondary N) is 1. The van der Waals surface area contributed by atoms with Crippen LogP contribution in [0.5, 0.6) is 0 Å². The largest absolute Gasteiger partial charge is 0.389 e. The predicted octanol–water partition coefficient (Wildman–Crippen LogP) is 4.44. The number of anilines is 2. The smallest absolute Gasteiger partial charge is 0.103 e. The van der Waals surface area contributed by atoms with Gasteiger partial charge in [-0.3, -0.25) is 0 Å². The number of thiocarbonyl (C=S) groups is 1. The highest BCUT2D eigenvalue weighted by Crippen LogP contribution is 2.28. The minimum Gasteiger partial charge on any atom is -0.389 e. The molecule has 2 aromatic carbocycles. The van der Waals surface area contributed by atoms with Gasteiger partial charge in [-0.25, -0.2) is 0 Å². The first kappa shape index (κ1) is 14.0.